The highest BCUT2D eigenvalue weighted by molar-refractivity contribution is 8.18. The number of hydrogen-bond acceptors (Lipinski definition) is 5. The van der Waals surface area contributed by atoms with Gasteiger partial charge in [-0.3, -0.25) is 4.79 Å². The zero-order valence-corrected chi connectivity index (χ0v) is 15.5. The Bertz CT molecular complexity index is 844. The number of aliphatic imine (C=N–C) groups is 1. The first kappa shape index (κ1) is 18.1. The fourth-order valence-electron chi connectivity index (χ4n) is 2.40. The van der Waals surface area contributed by atoms with Crippen molar-refractivity contribution >= 4 is 34.6 Å². The van der Waals surface area contributed by atoms with Crippen molar-refractivity contribution in [2.24, 2.45) is 4.99 Å². The van der Waals surface area contributed by atoms with Crippen LogP contribution in [0.4, 0.5) is 5.69 Å². The summed E-state index contributed by atoms with van der Waals surface area (Å²) in [5, 5.41) is 3.34. The highest BCUT2D eigenvalue weighted by atomic mass is 32.2. The topological polar surface area (TPSA) is 59.9 Å². The maximum atomic E-state index is 12.2. The molecule has 26 heavy (non-hydrogen) atoms. The summed E-state index contributed by atoms with van der Waals surface area (Å²) >= 11 is 1.31. The van der Waals surface area contributed by atoms with Gasteiger partial charge in [-0.15, -0.1) is 0 Å². The Morgan fingerprint density at radius 2 is 1.77 bits per heavy atom. The number of para-hydroxylation sites is 2. The highest BCUT2D eigenvalue weighted by Crippen LogP contribution is 2.32. The molecular weight excluding hydrogens is 348 g/mol. The van der Waals surface area contributed by atoms with E-state index in [1.165, 1.54) is 11.8 Å². The third-order valence-electron chi connectivity index (χ3n) is 3.53. The Kier molecular flexibility index (Phi) is 5.96. The zero-order chi connectivity index (χ0) is 18.4. The molecule has 1 aliphatic rings. The van der Waals surface area contributed by atoms with Crippen LogP contribution in [0.15, 0.2) is 58.4 Å². The summed E-state index contributed by atoms with van der Waals surface area (Å²) < 4.78 is 11.0. The second-order valence-corrected chi connectivity index (χ2v) is 6.42. The van der Waals surface area contributed by atoms with Crippen molar-refractivity contribution in [3.8, 4) is 11.5 Å². The van der Waals surface area contributed by atoms with Gasteiger partial charge in [0.25, 0.3) is 5.91 Å². The Morgan fingerprint density at radius 1 is 1.04 bits per heavy atom. The van der Waals surface area contributed by atoms with E-state index in [-0.39, 0.29) is 5.91 Å². The van der Waals surface area contributed by atoms with Gasteiger partial charge >= 0.3 is 0 Å². The molecule has 1 aliphatic heterocycles. The molecule has 0 radical (unpaired) electrons. The molecule has 0 aromatic heterocycles. The number of nitrogens with one attached hydrogen (secondary N) is 1. The van der Waals surface area contributed by atoms with E-state index in [1.54, 1.807) is 0 Å². The van der Waals surface area contributed by atoms with Gasteiger partial charge in [0.05, 0.1) is 18.1 Å². The lowest BCUT2D eigenvalue weighted by atomic mass is 10.2. The van der Waals surface area contributed by atoms with Crippen molar-refractivity contribution in [1.82, 2.24) is 5.32 Å². The largest absolute Gasteiger partial charge is 0.494 e. The molecule has 2 aromatic carbocycles. The summed E-state index contributed by atoms with van der Waals surface area (Å²) in [6, 6.07) is 15.1. The lowest BCUT2D eigenvalue weighted by molar-refractivity contribution is -0.115. The lowest BCUT2D eigenvalue weighted by Gasteiger charge is -2.06. The van der Waals surface area contributed by atoms with Crippen LogP contribution in [0.2, 0.25) is 0 Å². The van der Waals surface area contributed by atoms with E-state index < -0.39 is 0 Å². The smallest absolute Gasteiger partial charge is 0.264 e. The minimum atomic E-state index is -0.156. The van der Waals surface area contributed by atoms with Crippen LogP contribution < -0.4 is 14.8 Å². The molecular formula is C20H20N2O3S. The Labute approximate surface area is 157 Å². The van der Waals surface area contributed by atoms with E-state index in [2.05, 4.69) is 10.3 Å². The predicted molar refractivity (Wildman–Crippen MR) is 106 cm³/mol. The molecule has 0 atom stereocenters. The first-order valence-corrected chi connectivity index (χ1v) is 9.25. The van der Waals surface area contributed by atoms with Gasteiger partial charge in [0, 0.05) is 0 Å². The average molecular weight is 368 g/mol. The van der Waals surface area contributed by atoms with Crippen LogP contribution >= 0.6 is 11.8 Å². The molecule has 1 saturated heterocycles. The third kappa shape index (κ3) is 4.46. The summed E-state index contributed by atoms with van der Waals surface area (Å²) in [7, 11) is 0. The second kappa shape index (κ2) is 8.58. The second-order valence-electron chi connectivity index (χ2n) is 5.38. The van der Waals surface area contributed by atoms with Gasteiger partial charge in [-0.05, 0) is 61.5 Å². The minimum Gasteiger partial charge on any atom is -0.494 e. The zero-order valence-electron chi connectivity index (χ0n) is 14.7. The van der Waals surface area contributed by atoms with Crippen molar-refractivity contribution in [1.29, 1.82) is 0 Å². The molecule has 0 saturated carbocycles. The van der Waals surface area contributed by atoms with Crippen molar-refractivity contribution in [2.45, 2.75) is 13.8 Å². The van der Waals surface area contributed by atoms with E-state index in [0.717, 1.165) is 11.3 Å². The maximum absolute atomic E-state index is 12.2. The fraction of sp³-hybridized carbons (Fsp3) is 0.200. The molecule has 134 valence electrons. The van der Waals surface area contributed by atoms with Crippen LogP contribution in [-0.4, -0.2) is 24.3 Å². The SMILES string of the molecule is CCOc1ccc(/C=C2\SC(=Nc3ccccc3OCC)NC2=O)cc1. The third-order valence-corrected chi connectivity index (χ3v) is 4.44. The number of carbonyl (C=O) groups is 1. The Morgan fingerprint density at radius 3 is 2.50 bits per heavy atom. The number of amides is 1. The molecule has 6 heteroatoms. The summed E-state index contributed by atoms with van der Waals surface area (Å²) in [5.41, 5.74) is 1.63. The number of amidine groups is 1. The van der Waals surface area contributed by atoms with Crippen LogP contribution in [0.1, 0.15) is 19.4 Å². The molecule has 3 rings (SSSR count). The van der Waals surface area contributed by atoms with Gasteiger partial charge in [-0.2, -0.15) is 0 Å². The summed E-state index contributed by atoms with van der Waals surface area (Å²) in [6.07, 6.45) is 1.84. The van der Waals surface area contributed by atoms with Gasteiger partial charge in [0.15, 0.2) is 5.17 Å². The molecule has 1 heterocycles. The molecule has 2 aromatic rings. The summed E-state index contributed by atoms with van der Waals surface area (Å²) in [6.45, 7) is 5.06. The average Bonchev–Trinajstić information content (AvgIpc) is 2.98. The van der Waals surface area contributed by atoms with Crippen LogP contribution in [0.3, 0.4) is 0 Å². The lowest BCUT2D eigenvalue weighted by Crippen LogP contribution is -2.19. The van der Waals surface area contributed by atoms with Gasteiger partial charge in [-0.25, -0.2) is 4.99 Å². The standard InChI is InChI=1S/C20H20N2O3S/c1-3-24-15-11-9-14(10-12-15)13-18-19(23)22-20(26-18)21-16-7-5-6-8-17(16)25-4-2/h5-13H,3-4H2,1-2H3,(H,21,22,23)/b18-13-. The van der Waals surface area contributed by atoms with Gasteiger partial charge in [-0.1, -0.05) is 24.3 Å². The van der Waals surface area contributed by atoms with E-state index in [1.807, 2.05) is 68.5 Å². The van der Waals surface area contributed by atoms with Crippen LogP contribution in [-0.2, 0) is 4.79 Å². The van der Waals surface area contributed by atoms with Crippen LogP contribution in [0.25, 0.3) is 6.08 Å². The number of ether oxygens (including phenoxy) is 2. The quantitative estimate of drug-likeness (QED) is 0.769. The van der Waals surface area contributed by atoms with E-state index in [9.17, 15) is 4.79 Å². The Balaban J connectivity index is 1.78. The predicted octanol–water partition coefficient (Wildman–Crippen LogP) is 4.38. The van der Waals surface area contributed by atoms with Crippen LogP contribution in [0, 0.1) is 0 Å². The van der Waals surface area contributed by atoms with Gasteiger partial charge in [0.2, 0.25) is 0 Å². The van der Waals surface area contributed by atoms with E-state index in [4.69, 9.17) is 9.47 Å². The van der Waals surface area contributed by atoms with Crippen molar-refractivity contribution in [2.75, 3.05) is 13.2 Å². The van der Waals surface area contributed by atoms with Crippen molar-refractivity contribution in [3.63, 3.8) is 0 Å². The van der Waals surface area contributed by atoms with Crippen molar-refractivity contribution in [3.05, 3.63) is 59.0 Å². The molecule has 1 fully saturated rings. The van der Waals surface area contributed by atoms with Gasteiger partial charge in [0.1, 0.15) is 17.2 Å². The number of benzene rings is 2. The monoisotopic (exact) mass is 368 g/mol. The first-order valence-electron chi connectivity index (χ1n) is 8.44. The Hall–Kier alpha value is -2.73. The molecule has 1 N–H and O–H groups in total. The summed E-state index contributed by atoms with van der Waals surface area (Å²) in [4.78, 5) is 17.3. The number of hydrogen-bond donors (Lipinski definition) is 1. The minimum absolute atomic E-state index is 0.156. The molecule has 5 nitrogen and oxygen atoms in total. The molecule has 0 aliphatic carbocycles. The number of rotatable bonds is 6. The number of nitrogens with zero attached hydrogens (tertiary/aromatic N) is 1. The molecule has 1 amide bonds. The van der Waals surface area contributed by atoms with E-state index in [0.29, 0.717) is 34.7 Å². The molecule has 0 bridgehead atoms. The normalized spacial score (nSPS) is 16.8. The number of thioether (sulfide) groups is 1. The van der Waals surface area contributed by atoms with Crippen molar-refractivity contribution < 1.29 is 14.3 Å². The summed E-state index contributed by atoms with van der Waals surface area (Å²) in [5.74, 6) is 1.35. The number of carbonyl (C=O) groups excluding carboxylic acids is 1. The highest BCUT2D eigenvalue weighted by Gasteiger charge is 2.24. The first-order chi connectivity index (χ1) is 12.7. The van der Waals surface area contributed by atoms with E-state index >= 15 is 0 Å². The molecule has 0 spiro atoms. The molecule has 0 unspecified atom stereocenters. The maximum Gasteiger partial charge on any atom is 0.264 e. The van der Waals surface area contributed by atoms with Crippen LogP contribution in [0.5, 0.6) is 11.5 Å². The fourth-order valence-corrected chi connectivity index (χ4v) is 3.23. The van der Waals surface area contributed by atoms with Gasteiger partial charge < -0.3 is 14.8 Å².